The normalized spacial score (nSPS) is 17.2. The molecule has 0 saturated carbocycles. The molecule has 2 rings (SSSR count). The molecule has 5 heteroatoms. The number of carbonyl (C=O) groups excluding carboxylic acids is 1. The number of aromatic nitrogens is 2. The van der Waals surface area contributed by atoms with Crippen LogP contribution < -0.4 is 5.73 Å². The Bertz CT molecular complexity index is 327. The molecule has 0 aliphatic carbocycles. The van der Waals surface area contributed by atoms with Crippen LogP contribution in [0.1, 0.15) is 10.5 Å². The van der Waals surface area contributed by atoms with Crippen LogP contribution in [-0.2, 0) is 7.05 Å². The van der Waals surface area contributed by atoms with E-state index in [9.17, 15) is 4.79 Å². The van der Waals surface area contributed by atoms with Crippen LogP contribution in [0.3, 0.4) is 0 Å². The van der Waals surface area contributed by atoms with Crippen molar-refractivity contribution in [2.75, 3.05) is 13.1 Å². The van der Waals surface area contributed by atoms with Gasteiger partial charge in [-0.1, -0.05) is 0 Å². The maximum Gasteiger partial charge on any atom is 0.274 e. The number of rotatable bonds is 1. The summed E-state index contributed by atoms with van der Waals surface area (Å²) in [5, 5.41) is 0. The van der Waals surface area contributed by atoms with Crippen molar-refractivity contribution in [1.82, 2.24) is 14.5 Å². The first-order valence-electron chi connectivity index (χ1n) is 4.19. The Kier molecular flexibility index (Phi) is 1.81. The smallest absolute Gasteiger partial charge is 0.274 e. The van der Waals surface area contributed by atoms with Gasteiger partial charge in [0.1, 0.15) is 5.69 Å². The van der Waals surface area contributed by atoms with Crippen LogP contribution in [0.4, 0.5) is 0 Å². The maximum absolute atomic E-state index is 11.6. The van der Waals surface area contributed by atoms with Crippen LogP contribution >= 0.6 is 0 Å². The van der Waals surface area contributed by atoms with E-state index >= 15 is 0 Å². The third kappa shape index (κ3) is 1.42. The van der Waals surface area contributed by atoms with E-state index in [4.69, 9.17) is 5.73 Å². The first kappa shape index (κ1) is 8.25. The fourth-order valence-electron chi connectivity index (χ4n) is 1.36. The Hall–Kier alpha value is -1.36. The highest BCUT2D eigenvalue weighted by Gasteiger charge is 2.29. The molecular formula is C8H12N4O. The van der Waals surface area contributed by atoms with Gasteiger partial charge in [-0.05, 0) is 0 Å². The van der Waals surface area contributed by atoms with Crippen LogP contribution in [0, 0.1) is 0 Å². The largest absolute Gasteiger partial charge is 0.340 e. The summed E-state index contributed by atoms with van der Waals surface area (Å²) in [6.45, 7) is 1.30. The molecule has 0 radical (unpaired) electrons. The fourth-order valence-corrected chi connectivity index (χ4v) is 1.36. The molecule has 2 N–H and O–H groups in total. The van der Waals surface area contributed by atoms with E-state index in [1.807, 2.05) is 7.05 Å². The topological polar surface area (TPSA) is 64.2 Å². The second kappa shape index (κ2) is 2.85. The molecule has 1 saturated heterocycles. The molecule has 1 aromatic heterocycles. The molecule has 1 aromatic rings. The number of nitrogens with zero attached hydrogens (tertiary/aromatic N) is 3. The maximum atomic E-state index is 11.6. The second-order valence-electron chi connectivity index (χ2n) is 3.39. The van der Waals surface area contributed by atoms with Crippen molar-refractivity contribution in [3.8, 4) is 0 Å². The molecule has 2 heterocycles. The molecule has 70 valence electrons. The molecule has 1 aliphatic rings. The van der Waals surface area contributed by atoms with Crippen LogP contribution in [-0.4, -0.2) is 39.5 Å². The van der Waals surface area contributed by atoms with E-state index in [1.165, 1.54) is 0 Å². The van der Waals surface area contributed by atoms with Gasteiger partial charge in [0.15, 0.2) is 0 Å². The Labute approximate surface area is 76.2 Å². The van der Waals surface area contributed by atoms with Crippen LogP contribution in [0.5, 0.6) is 0 Å². The molecular weight excluding hydrogens is 168 g/mol. The summed E-state index contributed by atoms with van der Waals surface area (Å²) in [5.41, 5.74) is 6.07. The number of imidazole rings is 1. The lowest BCUT2D eigenvalue weighted by Gasteiger charge is -2.36. The zero-order valence-electron chi connectivity index (χ0n) is 7.47. The van der Waals surface area contributed by atoms with E-state index in [-0.39, 0.29) is 11.9 Å². The molecule has 1 amide bonds. The van der Waals surface area contributed by atoms with Crippen LogP contribution in [0.2, 0.25) is 0 Å². The predicted molar refractivity (Wildman–Crippen MR) is 47.1 cm³/mol. The zero-order chi connectivity index (χ0) is 9.42. The molecule has 0 aromatic carbocycles. The van der Waals surface area contributed by atoms with Crippen molar-refractivity contribution >= 4 is 5.91 Å². The number of aryl methyl sites for hydroxylation is 1. The highest BCUT2D eigenvalue weighted by atomic mass is 16.2. The minimum Gasteiger partial charge on any atom is -0.340 e. The fraction of sp³-hybridized carbons (Fsp3) is 0.500. The number of hydrogen-bond donors (Lipinski definition) is 1. The molecule has 0 unspecified atom stereocenters. The van der Waals surface area contributed by atoms with E-state index in [1.54, 1.807) is 22.0 Å². The summed E-state index contributed by atoms with van der Waals surface area (Å²) in [6, 6.07) is 0.146. The molecule has 0 spiro atoms. The second-order valence-corrected chi connectivity index (χ2v) is 3.39. The predicted octanol–water partition coefficient (Wildman–Crippen LogP) is -0.797. The van der Waals surface area contributed by atoms with Crippen LogP contribution in [0.25, 0.3) is 0 Å². The minimum atomic E-state index is -0.0256. The summed E-state index contributed by atoms with van der Waals surface area (Å²) in [5.74, 6) is -0.0256. The van der Waals surface area contributed by atoms with Gasteiger partial charge in [0.25, 0.3) is 5.91 Å². The van der Waals surface area contributed by atoms with E-state index in [2.05, 4.69) is 4.98 Å². The molecule has 0 atom stereocenters. The molecule has 1 aliphatic heterocycles. The monoisotopic (exact) mass is 180 g/mol. The molecule has 13 heavy (non-hydrogen) atoms. The number of nitrogens with two attached hydrogens (primary N) is 1. The number of carbonyl (C=O) groups is 1. The van der Waals surface area contributed by atoms with Crippen molar-refractivity contribution in [3.63, 3.8) is 0 Å². The summed E-state index contributed by atoms with van der Waals surface area (Å²) < 4.78 is 1.76. The molecule has 1 fully saturated rings. The van der Waals surface area contributed by atoms with E-state index < -0.39 is 0 Å². The first-order valence-corrected chi connectivity index (χ1v) is 4.19. The summed E-state index contributed by atoms with van der Waals surface area (Å²) in [6.07, 6.45) is 3.33. The van der Waals surface area contributed by atoms with Gasteiger partial charge in [-0.2, -0.15) is 0 Å². The van der Waals surface area contributed by atoms with E-state index in [0.717, 1.165) is 0 Å². The Balaban J connectivity index is 2.06. The third-order valence-corrected chi connectivity index (χ3v) is 2.12. The van der Waals surface area contributed by atoms with Gasteiger partial charge in [-0.25, -0.2) is 4.98 Å². The Morgan fingerprint density at radius 1 is 1.69 bits per heavy atom. The lowest BCUT2D eigenvalue weighted by molar-refractivity contribution is 0.0602. The third-order valence-electron chi connectivity index (χ3n) is 2.12. The van der Waals surface area contributed by atoms with Crippen molar-refractivity contribution in [2.45, 2.75) is 6.04 Å². The lowest BCUT2D eigenvalue weighted by Crippen LogP contribution is -2.57. The van der Waals surface area contributed by atoms with Crippen LogP contribution in [0.15, 0.2) is 12.5 Å². The summed E-state index contributed by atoms with van der Waals surface area (Å²) in [7, 11) is 1.84. The highest BCUT2D eigenvalue weighted by Crippen LogP contribution is 2.09. The van der Waals surface area contributed by atoms with Gasteiger partial charge in [0.05, 0.1) is 6.33 Å². The molecule has 5 nitrogen and oxygen atoms in total. The van der Waals surface area contributed by atoms with Crippen molar-refractivity contribution in [2.24, 2.45) is 12.8 Å². The van der Waals surface area contributed by atoms with E-state index in [0.29, 0.717) is 18.8 Å². The lowest BCUT2D eigenvalue weighted by atomic mass is 10.1. The highest BCUT2D eigenvalue weighted by molar-refractivity contribution is 5.92. The van der Waals surface area contributed by atoms with Crippen molar-refractivity contribution in [1.29, 1.82) is 0 Å². The Morgan fingerprint density at radius 3 is 2.85 bits per heavy atom. The molecule has 0 bridgehead atoms. The van der Waals surface area contributed by atoms with Crippen molar-refractivity contribution < 1.29 is 4.79 Å². The van der Waals surface area contributed by atoms with Gasteiger partial charge in [-0.15, -0.1) is 0 Å². The van der Waals surface area contributed by atoms with Crippen molar-refractivity contribution in [3.05, 3.63) is 18.2 Å². The summed E-state index contributed by atoms with van der Waals surface area (Å²) in [4.78, 5) is 17.3. The average molecular weight is 180 g/mol. The summed E-state index contributed by atoms with van der Waals surface area (Å²) >= 11 is 0. The van der Waals surface area contributed by atoms with Gasteiger partial charge < -0.3 is 15.2 Å². The number of likely N-dealkylation sites (tertiary alicyclic amines) is 1. The number of amides is 1. The average Bonchev–Trinajstić information content (AvgIpc) is 2.45. The zero-order valence-corrected chi connectivity index (χ0v) is 7.47. The standard InChI is InChI=1S/C8H12N4O/c1-11-4-7(10-5-11)8(13)12-2-6(9)3-12/h4-6H,2-3,9H2,1H3. The number of hydrogen-bond acceptors (Lipinski definition) is 3. The SMILES string of the molecule is Cn1cnc(C(=O)N2CC(N)C2)c1. The van der Waals surface area contributed by atoms with Gasteiger partial charge in [-0.3, -0.25) is 4.79 Å². The van der Waals surface area contributed by atoms with Gasteiger partial charge >= 0.3 is 0 Å². The van der Waals surface area contributed by atoms with Gasteiger partial charge in [0.2, 0.25) is 0 Å². The van der Waals surface area contributed by atoms with Gasteiger partial charge in [0, 0.05) is 32.4 Å². The Morgan fingerprint density at radius 2 is 2.38 bits per heavy atom. The quantitative estimate of drug-likeness (QED) is 0.615. The first-order chi connectivity index (χ1) is 6.16. The minimum absolute atomic E-state index is 0.0256.